The summed E-state index contributed by atoms with van der Waals surface area (Å²) in [6, 6.07) is 6.19. The van der Waals surface area contributed by atoms with Crippen LogP contribution in [0.2, 0.25) is 0 Å². The molecule has 3 nitrogen and oxygen atoms in total. The molecule has 0 saturated heterocycles. The van der Waals surface area contributed by atoms with Gasteiger partial charge in [0.25, 0.3) is 0 Å². The van der Waals surface area contributed by atoms with Gasteiger partial charge in [0, 0.05) is 11.4 Å². The maximum Gasteiger partial charge on any atom is 0.323 e. The smallest absolute Gasteiger partial charge is 0.323 e. The van der Waals surface area contributed by atoms with Crippen LogP contribution in [-0.2, 0) is 22.5 Å². The number of fused-ring (bicyclic) bond motifs is 1. The highest BCUT2D eigenvalue weighted by molar-refractivity contribution is 7.98. The first-order chi connectivity index (χ1) is 7.74. The van der Waals surface area contributed by atoms with Crippen molar-refractivity contribution in [2.24, 2.45) is 0 Å². The van der Waals surface area contributed by atoms with E-state index in [1.54, 1.807) is 11.8 Å². The van der Waals surface area contributed by atoms with Crippen molar-refractivity contribution < 1.29 is 9.53 Å². The van der Waals surface area contributed by atoms with Crippen LogP contribution in [0.15, 0.2) is 23.1 Å². The van der Waals surface area contributed by atoms with Crippen LogP contribution in [0.3, 0.4) is 0 Å². The summed E-state index contributed by atoms with van der Waals surface area (Å²) in [5.74, 6) is -0.181. The SMILES string of the molecule is COC(=O)C1Cc2ccc(SC)cc2CN1. The van der Waals surface area contributed by atoms with Crippen molar-refractivity contribution in [3.63, 3.8) is 0 Å². The first-order valence-corrected chi connectivity index (χ1v) is 6.44. The van der Waals surface area contributed by atoms with Crippen LogP contribution in [0.4, 0.5) is 0 Å². The van der Waals surface area contributed by atoms with E-state index < -0.39 is 0 Å². The van der Waals surface area contributed by atoms with Gasteiger partial charge in [0.15, 0.2) is 0 Å². The third-order valence-corrected chi connectivity index (χ3v) is 3.59. The molecule has 86 valence electrons. The van der Waals surface area contributed by atoms with Gasteiger partial charge in [0.2, 0.25) is 0 Å². The molecule has 2 rings (SSSR count). The number of esters is 1. The van der Waals surface area contributed by atoms with Gasteiger partial charge in [-0.2, -0.15) is 0 Å². The van der Waals surface area contributed by atoms with Gasteiger partial charge in [-0.25, -0.2) is 0 Å². The Morgan fingerprint density at radius 3 is 3.00 bits per heavy atom. The Hall–Kier alpha value is -1.00. The highest BCUT2D eigenvalue weighted by atomic mass is 32.2. The summed E-state index contributed by atoms with van der Waals surface area (Å²) in [6.07, 6.45) is 2.78. The number of rotatable bonds is 2. The maximum atomic E-state index is 11.4. The zero-order valence-electron chi connectivity index (χ0n) is 9.45. The average molecular weight is 237 g/mol. The molecule has 0 fully saturated rings. The minimum Gasteiger partial charge on any atom is -0.468 e. The van der Waals surface area contributed by atoms with Crippen LogP contribution >= 0.6 is 11.8 Å². The Labute approximate surface area is 99.6 Å². The fraction of sp³-hybridized carbons (Fsp3) is 0.417. The predicted octanol–water partition coefficient (Wildman–Crippen LogP) is 1.60. The van der Waals surface area contributed by atoms with Crippen molar-refractivity contribution >= 4 is 17.7 Å². The molecule has 1 aliphatic rings. The van der Waals surface area contributed by atoms with E-state index >= 15 is 0 Å². The first-order valence-electron chi connectivity index (χ1n) is 5.21. The van der Waals surface area contributed by atoms with Gasteiger partial charge < -0.3 is 10.1 Å². The molecule has 0 aliphatic carbocycles. The summed E-state index contributed by atoms with van der Waals surface area (Å²) >= 11 is 1.73. The second kappa shape index (κ2) is 4.89. The number of methoxy groups -OCH3 is 1. The summed E-state index contributed by atoms with van der Waals surface area (Å²) in [7, 11) is 1.43. The van der Waals surface area contributed by atoms with Crippen LogP contribution in [0.25, 0.3) is 0 Å². The van der Waals surface area contributed by atoms with Crippen molar-refractivity contribution in [2.45, 2.75) is 23.9 Å². The third kappa shape index (κ3) is 2.23. The Balaban J connectivity index is 2.18. The fourth-order valence-electron chi connectivity index (χ4n) is 1.93. The molecule has 4 heteroatoms. The lowest BCUT2D eigenvalue weighted by Crippen LogP contribution is -2.42. The minimum atomic E-state index is -0.197. The third-order valence-electron chi connectivity index (χ3n) is 2.86. The Bertz CT molecular complexity index is 406. The summed E-state index contributed by atoms with van der Waals surface area (Å²) in [5.41, 5.74) is 2.53. The molecule has 1 heterocycles. The van der Waals surface area contributed by atoms with Gasteiger partial charge in [0.1, 0.15) is 6.04 Å². The second-order valence-corrected chi connectivity index (χ2v) is 4.68. The molecule has 1 aliphatic heterocycles. The van der Waals surface area contributed by atoms with E-state index in [0.717, 1.165) is 13.0 Å². The van der Waals surface area contributed by atoms with E-state index in [1.165, 1.54) is 23.1 Å². The lowest BCUT2D eigenvalue weighted by molar-refractivity contribution is -0.143. The van der Waals surface area contributed by atoms with Crippen LogP contribution in [0.5, 0.6) is 0 Å². The summed E-state index contributed by atoms with van der Waals surface area (Å²) in [6.45, 7) is 0.740. The normalized spacial score (nSPS) is 19.0. The lowest BCUT2D eigenvalue weighted by Gasteiger charge is -2.24. The maximum absolute atomic E-state index is 11.4. The highest BCUT2D eigenvalue weighted by Crippen LogP contribution is 2.23. The van der Waals surface area contributed by atoms with Gasteiger partial charge >= 0.3 is 5.97 Å². The van der Waals surface area contributed by atoms with Crippen LogP contribution in [0.1, 0.15) is 11.1 Å². The second-order valence-electron chi connectivity index (χ2n) is 3.80. The number of thioether (sulfide) groups is 1. The molecule has 0 radical (unpaired) electrons. The average Bonchev–Trinajstić information content (AvgIpc) is 2.36. The van der Waals surface area contributed by atoms with E-state index in [1.807, 2.05) is 0 Å². The Morgan fingerprint density at radius 2 is 2.31 bits per heavy atom. The quantitative estimate of drug-likeness (QED) is 0.626. The largest absolute Gasteiger partial charge is 0.468 e. The van der Waals surface area contributed by atoms with E-state index in [0.29, 0.717) is 0 Å². The Kier molecular flexibility index (Phi) is 3.51. The number of nitrogens with one attached hydrogen (secondary N) is 1. The molecule has 16 heavy (non-hydrogen) atoms. The van der Waals surface area contributed by atoms with Gasteiger partial charge in [-0.1, -0.05) is 6.07 Å². The van der Waals surface area contributed by atoms with E-state index in [2.05, 4.69) is 29.8 Å². The monoisotopic (exact) mass is 237 g/mol. The zero-order valence-corrected chi connectivity index (χ0v) is 10.3. The highest BCUT2D eigenvalue weighted by Gasteiger charge is 2.24. The molecule has 0 aromatic heterocycles. The number of hydrogen-bond donors (Lipinski definition) is 1. The Morgan fingerprint density at radius 1 is 1.50 bits per heavy atom. The van der Waals surface area contributed by atoms with E-state index in [-0.39, 0.29) is 12.0 Å². The molecule has 1 N–H and O–H groups in total. The molecule has 0 bridgehead atoms. The first kappa shape index (κ1) is 11.5. The molecule has 0 amide bonds. The van der Waals surface area contributed by atoms with Crippen LogP contribution < -0.4 is 5.32 Å². The van der Waals surface area contributed by atoms with Crippen molar-refractivity contribution in [1.82, 2.24) is 5.32 Å². The van der Waals surface area contributed by atoms with Crippen molar-refractivity contribution in [3.05, 3.63) is 29.3 Å². The van der Waals surface area contributed by atoms with Gasteiger partial charge in [-0.3, -0.25) is 4.79 Å². The number of carbonyl (C=O) groups is 1. The van der Waals surface area contributed by atoms with E-state index in [9.17, 15) is 4.79 Å². The summed E-state index contributed by atoms with van der Waals surface area (Å²) in [4.78, 5) is 12.7. The molecule has 1 aromatic carbocycles. The van der Waals surface area contributed by atoms with Crippen LogP contribution in [0, 0.1) is 0 Å². The number of hydrogen-bond acceptors (Lipinski definition) is 4. The fourth-order valence-corrected chi connectivity index (χ4v) is 2.39. The number of benzene rings is 1. The van der Waals surface area contributed by atoms with Crippen molar-refractivity contribution in [1.29, 1.82) is 0 Å². The standard InChI is InChI=1S/C12H15NO2S/c1-15-12(14)11-6-8-3-4-10(16-2)5-9(8)7-13-11/h3-5,11,13H,6-7H2,1-2H3. The van der Waals surface area contributed by atoms with E-state index in [4.69, 9.17) is 4.74 Å². The lowest BCUT2D eigenvalue weighted by atomic mass is 9.96. The van der Waals surface area contributed by atoms with Crippen molar-refractivity contribution in [3.8, 4) is 0 Å². The number of carbonyl (C=O) groups excluding carboxylic acids is 1. The molecular formula is C12H15NO2S. The molecule has 0 spiro atoms. The predicted molar refractivity (Wildman–Crippen MR) is 64.6 cm³/mol. The molecule has 1 aromatic rings. The summed E-state index contributed by atoms with van der Waals surface area (Å²) in [5, 5.41) is 3.19. The minimum absolute atomic E-state index is 0.181. The van der Waals surface area contributed by atoms with Crippen LogP contribution in [-0.4, -0.2) is 25.4 Å². The summed E-state index contributed by atoms with van der Waals surface area (Å²) < 4.78 is 4.74. The topological polar surface area (TPSA) is 38.3 Å². The number of ether oxygens (including phenoxy) is 1. The van der Waals surface area contributed by atoms with Gasteiger partial charge in [0.05, 0.1) is 7.11 Å². The molecule has 0 saturated carbocycles. The van der Waals surface area contributed by atoms with Gasteiger partial charge in [-0.15, -0.1) is 11.8 Å². The van der Waals surface area contributed by atoms with Crippen molar-refractivity contribution in [2.75, 3.05) is 13.4 Å². The van der Waals surface area contributed by atoms with Gasteiger partial charge in [-0.05, 0) is 35.9 Å². The zero-order chi connectivity index (χ0) is 11.5. The molecule has 1 atom stereocenters. The molecular weight excluding hydrogens is 222 g/mol. The molecule has 1 unspecified atom stereocenters.